The molecular formula is C29H29N3O2. The number of carbonyl (C=O) groups excluding carboxylic acids is 1. The van der Waals surface area contributed by atoms with Gasteiger partial charge < -0.3 is 15.0 Å². The van der Waals surface area contributed by atoms with E-state index in [9.17, 15) is 10.1 Å². The molecule has 2 aliphatic rings. The van der Waals surface area contributed by atoms with Gasteiger partial charge in [0.1, 0.15) is 5.75 Å². The monoisotopic (exact) mass is 451 g/mol. The summed E-state index contributed by atoms with van der Waals surface area (Å²) in [5.41, 5.74) is 4.84. The molecule has 34 heavy (non-hydrogen) atoms. The Balaban J connectivity index is 1.06. The number of rotatable bonds is 7. The van der Waals surface area contributed by atoms with Crippen molar-refractivity contribution in [2.24, 2.45) is 5.92 Å². The lowest BCUT2D eigenvalue weighted by atomic mass is 9.86. The molecule has 0 spiro atoms. The van der Waals surface area contributed by atoms with E-state index in [1.165, 1.54) is 5.56 Å². The summed E-state index contributed by atoms with van der Waals surface area (Å²) in [6, 6.07) is 26.0. The third-order valence-corrected chi connectivity index (χ3v) is 6.95. The van der Waals surface area contributed by atoms with E-state index in [0.29, 0.717) is 29.5 Å². The van der Waals surface area contributed by atoms with E-state index in [-0.39, 0.29) is 5.91 Å². The average Bonchev–Trinajstić information content (AvgIpc) is 3.32. The molecule has 0 saturated carbocycles. The summed E-state index contributed by atoms with van der Waals surface area (Å²) < 4.78 is 5.95. The molecule has 1 saturated heterocycles. The van der Waals surface area contributed by atoms with Gasteiger partial charge in [-0.15, -0.1) is 0 Å². The topological polar surface area (TPSA) is 65.4 Å². The highest BCUT2D eigenvalue weighted by molar-refractivity contribution is 5.94. The van der Waals surface area contributed by atoms with Crippen molar-refractivity contribution in [1.82, 2.24) is 10.2 Å². The zero-order chi connectivity index (χ0) is 23.3. The van der Waals surface area contributed by atoms with Gasteiger partial charge in [0.25, 0.3) is 5.91 Å². The van der Waals surface area contributed by atoms with Gasteiger partial charge in [-0.05, 0) is 60.8 Å². The molecule has 2 atom stereocenters. The molecule has 2 unspecified atom stereocenters. The maximum atomic E-state index is 12.5. The number of likely N-dealkylation sites (tertiary alicyclic amines) is 1. The minimum atomic E-state index is -0.0196. The van der Waals surface area contributed by atoms with Crippen molar-refractivity contribution in [2.75, 3.05) is 32.8 Å². The third-order valence-electron chi connectivity index (χ3n) is 6.95. The van der Waals surface area contributed by atoms with Crippen LogP contribution in [0.5, 0.6) is 5.75 Å². The molecule has 1 N–H and O–H groups in total. The normalized spacial score (nSPS) is 18.9. The van der Waals surface area contributed by atoms with E-state index in [0.717, 1.165) is 56.0 Å². The third kappa shape index (κ3) is 4.83. The van der Waals surface area contributed by atoms with Crippen molar-refractivity contribution in [3.05, 3.63) is 89.5 Å². The number of hydrogen-bond acceptors (Lipinski definition) is 4. The number of carbonyl (C=O) groups is 1. The highest BCUT2D eigenvalue weighted by atomic mass is 16.5. The van der Waals surface area contributed by atoms with Gasteiger partial charge in [-0.1, -0.05) is 42.5 Å². The first-order valence-corrected chi connectivity index (χ1v) is 12.0. The maximum Gasteiger partial charge on any atom is 0.251 e. The number of nitrogens with one attached hydrogen (secondary N) is 1. The lowest BCUT2D eigenvalue weighted by molar-refractivity contribution is 0.0952. The molecule has 172 valence electrons. The zero-order valence-corrected chi connectivity index (χ0v) is 19.2. The van der Waals surface area contributed by atoms with Crippen LogP contribution < -0.4 is 10.1 Å². The molecule has 0 aromatic heterocycles. The van der Waals surface area contributed by atoms with Crippen molar-refractivity contribution >= 4 is 5.91 Å². The molecule has 0 radical (unpaired) electrons. The van der Waals surface area contributed by atoms with E-state index in [2.05, 4.69) is 28.4 Å². The van der Waals surface area contributed by atoms with Gasteiger partial charge in [0.15, 0.2) is 0 Å². The number of unbranched alkanes of at least 4 members (excludes halogenated alkanes) is 1. The number of nitrogens with zero attached hydrogens (tertiary/aromatic N) is 2. The second-order valence-corrected chi connectivity index (χ2v) is 9.21. The minimum absolute atomic E-state index is 0.0196. The number of benzene rings is 3. The van der Waals surface area contributed by atoms with E-state index in [1.54, 1.807) is 0 Å². The molecule has 0 aliphatic carbocycles. The Bertz CT molecular complexity index is 1180. The summed E-state index contributed by atoms with van der Waals surface area (Å²) in [6.45, 7) is 4.48. The highest BCUT2D eigenvalue weighted by Gasteiger charge is 2.38. The Hall–Kier alpha value is -3.62. The first kappa shape index (κ1) is 22.2. The fourth-order valence-electron chi connectivity index (χ4n) is 5.11. The summed E-state index contributed by atoms with van der Waals surface area (Å²) in [5, 5.41) is 12.3. The van der Waals surface area contributed by atoms with Gasteiger partial charge in [-0.2, -0.15) is 5.26 Å². The summed E-state index contributed by atoms with van der Waals surface area (Å²) in [6.07, 6.45) is 1.99. The Morgan fingerprint density at radius 2 is 1.79 bits per heavy atom. The van der Waals surface area contributed by atoms with Crippen LogP contribution >= 0.6 is 0 Å². The molecule has 3 aromatic rings. The maximum absolute atomic E-state index is 12.5. The van der Waals surface area contributed by atoms with Gasteiger partial charge in [0.05, 0.1) is 18.2 Å². The first-order chi connectivity index (χ1) is 16.7. The largest absolute Gasteiger partial charge is 0.493 e. The number of fused-ring (bicyclic) bond motifs is 3. The summed E-state index contributed by atoms with van der Waals surface area (Å²) >= 11 is 0. The van der Waals surface area contributed by atoms with Gasteiger partial charge in [0.2, 0.25) is 0 Å². The quantitative estimate of drug-likeness (QED) is 0.522. The number of hydrogen-bond donors (Lipinski definition) is 1. The number of nitriles is 1. The summed E-state index contributed by atoms with van der Waals surface area (Å²) in [7, 11) is 0. The lowest BCUT2D eigenvalue weighted by Gasteiger charge is -2.27. The molecule has 5 heteroatoms. The van der Waals surface area contributed by atoms with Crippen LogP contribution in [0, 0.1) is 17.2 Å². The van der Waals surface area contributed by atoms with Crippen LogP contribution in [-0.4, -0.2) is 43.6 Å². The Labute approximate surface area is 201 Å². The van der Waals surface area contributed by atoms with Crippen molar-refractivity contribution in [3.63, 3.8) is 0 Å². The Morgan fingerprint density at radius 3 is 2.59 bits per heavy atom. The molecule has 5 nitrogen and oxygen atoms in total. The second kappa shape index (κ2) is 10.1. The molecule has 0 bridgehead atoms. The molecule has 2 aliphatic heterocycles. The van der Waals surface area contributed by atoms with Crippen molar-refractivity contribution in [2.45, 2.75) is 18.8 Å². The molecule has 5 rings (SSSR count). The van der Waals surface area contributed by atoms with Crippen LogP contribution in [0.25, 0.3) is 11.1 Å². The van der Waals surface area contributed by atoms with E-state index >= 15 is 0 Å². The second-order valence-electron chi connectivity index (χ2n) is 9.21. The minimum Gasteiger partial charge on any atom is -0.493 e. The van der Waals surface area contributed by atoms with Crippen molar-refractivity contribution < 1.29 is 9.53 Å². The summed E-state index contributed by atoms with van der Waals surface area (Å²) in [5.74, 6) is 1.84. The van der Waals surface area contributed by atoms with Gasteiger partial charge >= 0.3 is 0 Å². The number of ether oxygens (including phenoxy) is 1. The van der Waals surface area contributed by atoms with Gasteiger partial charge in [-0.25, -0.2) is 0 Å². The molecule has 3 aromatic carbocycles. The van der Waals surface area contributed by atoms with Crippen LogP contribution in [0.4, 0.5) is 0 Å². The zero-order valence-electron chi connectivity index (χ0n) is 19.2. The van der Waals surface area contributed by atoms with Gasteiger partial charge in [-0.3, -0.25) is 4.79 Å². The first-order valence-electron chi connectivity index (χ1n) is 12.0. The molecule has 1 fully saturated rings. The lowest BCUT2D eigenvalue weighted by Crippen LogP contribution is -2.27. The van der Waals surface area contributed by atoms with Crippen LogP contribution in [0.2, 0.25) is 0 Å². The Morgan fingerprint density at radius 1 is 1.00 bits per heavy atom. The smallest absolute Gasteiger partial charge is 0.251 e. The Kier molecular flexibility index (Phi) is 6.60. The average molecular weight is 452 g/mol. The standard InChI is InChI=1S/C29H29N3O2/c30-17-21-8-13-28-26(16-21)27-19-32(18-25(27)20-34-28)15-5-4-14-31-29(33)24-11-9-23(10-12-24)22-6-2-1-3-7-22/h1-3,6-13,16,25,27H,4-5,14-15,18-20H2,(H,31,33). The fourth-order valence-corrected chi connectivity index (χ4v) is 5.11. The van der Waals surface area contributed by atoms with Crippen LogP contribution in [0.1, 0.15) is 40.2 Å². The van der Waals surface area contributed by atoms with E-state index in [4.69, 9.17) is 4.74 Å². The molecule has 2 heterocycles. The van der Waals surface area contributed by atoms with Gasteiger partial charge in [0, 0.05) is 42.6 Å². The predicted molar refractivity (Wildman–Crippen MR) is 133 cm³/mol. The van der Waals surface area contributed by atoms with Crippen LogP contribution in [-0.2, 0) is 0 Å². The van der Waals surface area contributed by atoms with E-state index in [1.807, 2.05) is 60.7 Å². The SMILES string of the molecule is N#Cc1ccc2c(c1)C1CN(CCCCNC(=O)c3ccc(-c4ccccc4)cc3)CC1CO2. The van der Waals surface area contributed by atoms with Crippen LogP contribution in [0.3, 0.4) is 0 Å². The van der Waals surface area contributed by atoms with Crippen LogP contribution in [0.15, 0.2) is 72.8 Å². The number of amides is 1. The predicted octanol–water partition coefficient (Wildman–Crippen LogP) is 4.84. The molecular weight excluding hydrogens is 422 g/mol. The van der Waals surface area contributed by atoms with Crippen molar-refractivity contribution in [3.8, 4) is 22.9 Å². The highest BCUT2D eigenvalue weighted by Crippen LogP contribution is 2.41. The summed E-state index contributed by atoms with van der Waals surface area (Å²) in [4.78, 5) is 15.0. The van der Waals surface area contributed by atoms with Crippen molar-refractivity contribution in [1.29, 1.82) is 5.26 Å². The van der Waals surface area contributed by atoms with E-state index < -0.39 is 0 Å². The molecule has 1 amide bonds. The fraction of sp³-hybridized carbons (Fsp3) is 0.310.